The van der Waals surface area contributed by atoms with Crippen LogP contribution >= 0.6 is 23.4 Å². The first kappa shape index (κ1) is 19.3. The van der Waals surface area contributed by atoms with Gasteiger partial charge in [0.15, 0.2) is 0 Å². The van der Waals surface area contributed by atoms with Crippen LogP contribution in [-0.4, -0.2) is 11.8 Å². The van der Waals surface area contributed by atoms with Crippen molar-refractivity contribution in [3.8, 4) is 0 Å². The Bertz CT molecular complexity index is 1090. The minimum atomic E-state index is -0.393. The van der Waals surface area contributed by atoms with E-state index in [9.17, 15) is 9.59 Å². The Labute approximate surface area is 178 Å². The zero-order chi connectivity index (χ0) is 20.4. The molecule has 1 aliphatic rings. The van der Waals surface area contributed by atoms with Crippen molar-refractivity contribution < 1.29 is 9.59 Å². The third-order valence-electron chi connectivity index (χ3n) is 4.41. The van der Waals surface area contributed by atoms with Crippen molar-refractivity contribution in [2.45, 2.75) is 11.8 Å². The van der Waals surface area contributed by atoms with Crippen LogP contribution in [-0.2, 0) is 9.59 Å². The lowest BCUT2D eigenvalue weighted by molar-refractivity contribution is -0.120. The summed E-state index contributed by atoms with van der Waals surface area (Å²) in [7, 11) is 0. The predicted octanol–water partition coefficient (Wildman–Crippen LogP) is 5.64. The lowest BCUT2D eigenvalue weighted by Gasteiger charge is -2.15. The second kappa shape index (κ2) is 8.15. The molecular weight excluding hydrogens is 404 g/mol. The molecule has 0 aliphatic carbocycles. The molecule has 0 radical (unpaired) electrons. The molecule has 4 rings (SSSR count). The minimum Gasteiger partial charge on any atom is -0.350 e. The van der Waals surface area contributed by atoms with Gasteiger partial charge in [0.25, 0.3) is 11.8 Å². The predicted molar refractivity (Wildman–Crippen MR) is 118 cm³/mol. The molecule has 4 nitrogen and oxygen atoms in total. The molecule has 0 bridgehead atoms. The van der Waals surface area contributed by atoms with Crippen molar-refractivity contribution in [2.24, 2.45) is 0 Å². The summed E-state index contributed by atoms with van der Waals surface area (Å²) in [6.45, 7) is 2.00. The summed E-state index contributed by atoms with van der Waals surface area (Å²) in [5.74, 6) is -0.753. The average molecular weight is 421 g/mol. The molecule has 3 aromatic carbocycles. The number of amides is 2. The smallest absolute Gasteiger partial charge is 0.283 e. The van der Waals surface area contributed by atoms with E-state index in [0.717, 1.165) is 16.1 Å². The number of carbonyl (C=O) groups excluding carboxylic acids is 2. The molecule has 2 amide bonds. The molecule has 0 spiro atoms. The minimum absolute atomic E-state index is 0.265. The highest BCUT2D eigenvalue weighted by molar-refractivity contribution is 8.04. The van der Waals surface area contributed by atoms with Gasteiger partial charge in [-0.2, -0.15) is 0 Å². The van der Waals surface area contributed by atoms with E-state index < -0.39 is 5.91 Å². The highest BCUT2D eigenvalue weighted by Gasteiger charge is 2.40. The molecule has 0 aromatic heterocycles. The van der Waals surface area contributed by atoms with Gasteiger partial charge in [-0.3, -0.25) is 9.59 Å². The van der Waals surface area contributed by atoms with E-state index in [2.05, 4.69) is 5.32 Å². The molecule has 1 N–H and O–H groups in total. The summed E-state index contributed by atoms with van der Waals surface area (Å²) in [6, 6.07) is 23.8. The summed E-state index contributed by atoms with van der Waals surface area (Å²) in [6.07, 6.45) is 0. The van der Waals surface area contributed by atoms with Crippen molar-refractivity contribution in [3.63, 3.8) is 0 Å². The van der Waals surface area contributed by atoms with Gasteiger partial charge in [-0.05, 0) is 55.5 Å². The number of benzene rings is 3. The number of hydrogen-bond acceptors (Lipinski definition) is 4. The molecule has 6 heteroatoms. The SMILES string of the molecule is Cc1ccc(SC2=C(Nc3ccccc3)C(=O)N(c3ccc(Cl)cc3)C2=O)cc1. The number of anilines is 2. The fourth-order valence-electron chi connectivity index (χ4n) is 2.93. The number of aryl methyl sites for hydroxylation is 1. The van der Waals surface area contributed by atoms with Gasteiger partial charge in [0, 0.05) is 15.6 Å². The Morgan fingerprint density at radius 1 is 0.828 bits per heavy atom. The maximum absolute atomic E-state index is 13.2. The summed E-state index contributed by atoms with van der Waals surface area (Å²) >= 11 is 7.24. The Morgan fingerprint density at radius 3 is 2.14 bits per heavy atom. The Hall–Kier alpha value is -3.02. The van der Waals surface area contributed by atoms with Gasteiger partial charge in [-0.1, -0.05) is 59.3 Å². The van der Waals surface area contributed by atoms with Gasteiger partial charge in [0.05, 0.1) is 5.69 Å². The molecule has 0 atom stereocenters. The monoisotopic (exact) mass is 420 g/mol. The number of hydrogen-bond donors (Lipinski definition) is 1. The number of rotatable bonds is 5. The molecule has 0 saturated carbocycles. The number of nitrogens with one attached hydrogen (secondary N) is 1. The van der Waals surface area contributed by atoms with Gasteiger partial charge < -0.3 is 5.32 Å². The molecule has 0 unspecified atom stereocenters. The third-order valence-corrected chi connectivity index (χ3v) is 5.75. The van der Waals surface area contributed by atoms with E-state index in [1.807, 2.05) is 61.5 Å². The van der Waals surface area contributed by atoms with Crippen LogP contribution in [0.2, 0.25) is 5.02 Å². The first-order valence-electron chi connectivity index (χ1n) is 8.98. The highest BCUT2D eigenvalue weighted by atomic mass is 35.5. The number of carbonyl (C=O) groups is 2. The number of halogens is 1. The quantitative estimate of drug-likeness (QED) is 0.543. The van der Waals surface area contributed by atoms with Crippen LogP contribution in [0.1, 0.15) is 5.56 Å². The molecular formula is C23H17ClN2O2S. The van der Waals surface area contributed by atoms with Crippen molar-refractivity contribution in [3.05, 3.63) is 100 Å². The molecule has 144 valence electrons. The molecule has 0 fully saturated rings. The average Bonchev–Trinajstić information content (AvgIpc) is 2.95. The molecule has 3 aromatic rings. The van der Waals surface area contributed by atoms with Crippen molar-refractivity contribution in [1.29, 1.82) is 0 Å². The topological polar surface area (TPSA) is 49.4 Å². The van der Waals surface area contributed by atoms with Crippen LogP contribution in [0.15, 0.2) is 94.4 Å². The number of para-hydroxylation sites is 1. The third kappa shape index (κ3) is 4.06. The van der Waals surface area contributed by atoms with E-state index in [4.69, 9.17) is 11.6 Å². The lowest BCUT2D eigenvalue weighted by Crippen LogP contribution is -2.32. The Balaban J connectivity index is 1.73. The molecule has 29 heavy (non-hydrogen) atoms. The number of imide groups is 1. The van der Waals surface area contributed by atoms with E-state index in [-0.39, 0.29) is 11.6 Å². The van der Waals surface area contributed by atoms with E-state index in [1.54, 1.807) is 24.3 Å². The second-order valence-corrected chi connectivity index (χ2v) is 8.05. The summed E-state index contributed by atoms with van der Waals surface area (Å²) in [4.78, 5) is 28.8. The fraction of sp³-hybridized carbons (Fsp3) is 0.0435. The summed E-state index contributed by atoms with van der Waals surface area (Å²) in [5, 5.41) is 3.67. The van der Waals surface area contributed by atoms with Crippen LogP contribution in [0.3, 0.4) is 0 Å². The normalized spacial score (nSPS) is 13.9. The standard InChI is InChI=1S/C23H17ClN2O2S/c1-15-7-13-19(14-8-15)29-21-20(25-17-5-3-2-4-6-17)22(27)26(23(21)28)18-11-9-16(24)10-12-18/h2-14,25H,1H3. The first-order chi connectivity index (χ1) is 14.0. The van der Waals surface area contributed by atoms with Crippen LogP contribution in [0.25, 0.3) is 0 Å². The van der Waals surface area contributed by atoms with E-state index in [0.29, 0.717) is 15.6 Å². The summed E-state index contributed by atoms with van der Waals surface area (Å²) in [5.41, 5.74) is 2.61. The zero-order valence-electron chi connectivity index (χ0n) is 15.6. The van der Waals surface area contributed by atoms with Crippen LogP contribution < -0.4 is 10.2 Å². The molecule has 1 aliphatic heterocycles. The lowest BCUT2D eigenvalue weighted by atomic mass is 10.2. The van der Waals surface area contributed by atoms with E-state index in [1.165, 1.54) is 16.7 Å². The maximum atomic E-state index is 13.2. The van der Waals surface area contributed by atoms with Gasteiger partial charge in [0.2, 0.25) is 0 Å². The van der Waals surface area contributed by atoms with E-state index >= 15 is 0 Å². The molecule has 0 saturated heterocycles. The van der Waals surface area contributed by atoms with Gasteiger partial charge >= 0.3 is 0 Å². The van der Waals surface area contributed by atoms with Crippen molar-refractivity contribution in [2.75, 3.05) is 10.2 Å². The molecule has 1 heterocycles. The number of thioether (sulfide) groups is 1. The fourth-order valence-corrected chi connectivity index (χ4v) is 3.98. The highest BCUT2D eigenvalue weighted by Crippen LogP contribution is 2.38. The van der Waals surface area contributed by atoms with Crippen LogP contribution in [0.4, 0.5) is 11.4 Å². The van der Waals surface area contributed by atoms with Gasteiger partial charge in [0.1, 0.15) is 10.6 Å². The van der Waals surface area contributed by atoms with Gasteiger partial charge in [-0.25, -0.2) is 4.90 Å². The van der Waals surface area contributed by atoms with Gasteiger partial charge in [-0.15, -0.1) is 0 Å². The maximum Gasteiger partial charge on any atom is 0.283 e. The van der Waals surface area contributed by atoms with Crippen molar-refractivity contribution >= 4 is 46.6 Å². The Morgan fingerprint density at radius 2 is 1.48 bits per heavy atom. The van der Waals surface area contributed by atoms with Crippen molar-refractivity contribution in [1.82, 2.24) is 0 Å². The zero-order valence-corrected chi connectivity index (χ0v) is 17.1. The van der Waals surface area contributed by atoms with Crippen LogP contribution in [0, 0.1) is 6.92 Å². The largest absolute Gasteiger partial charge is 0.350 e. The first-order valence-corrected chi connectivity index (χ1v) is 10.2. The summed E-state index contributed by atoms with van der Waals surface area (Å²) < 4.78 is 0. The van der Waals surface area contributed by atoms with Crippen LogP contribution in [0.5, 0.6) is 0 Å². The second-order valence-electron chi connectivity index (χ2n) is 6.53. The Kier molecular flexibility index (Phi) is 5.43. The number of nitrogens with zero attached hydrogens (tertiary/aromatic N) is 1.